The zero-order valence-corrected chi connectivity index (χ0v) is 9.32. The van der Waals surface area contributed by atoms with Crippen molar-refractivity contribution in [3.8, 4) is 5.75 Å². The van der Waals surface area contributed by atoms with Crippen LogP contribution in [0.25, 0.3) is 0 Å². The van der Waals surface area contributed by atoms with Gasteiger partial charge in [0.1, 0.15) is 5.75 Å². The van der Waals surface area contributed by atoms with Gasteiger partial charge in [-0.15, -0.1) is 0 Å². The molecule has 0 spiro atoms. The van der Waals surface area contributed by atoms with Gasteiger partial charge in [0, 0.05) is 0 Å². The fourth-order valence-electron chi connectivity index (χ4n) is 1.04. The van der Waals surface area contributed by atoms with Crippen LogP contribution in [0.2, 0.25) is 0 Å². The van der Waals surface area contributed by atoms with Gasteiger partial charge in [-0.3, -0.25) is 4.79 Å². The molecule has 1 aromatic carbocycles. The molecule has 0 radical (unpaired) electrons. The SMILES string of the molecule is CC(C)S(=O)(=O)c1ccc(OC=O)cc1. The summed E-state index contributed by atoms with van der Waals surface area (Å²) in [5, 5.41) is -0.463. The lowest BCUT2D eigenvalue weighted by atomic mass is 10.3. The van der Waals surface area contributed by atoms with E-state index in [-0.39, 0.29) is 4.90 Å². The minimum Gasteiger partial charge on any atom is -0.429 e. The first-order valence-corrected chi connectivity index (χ1v) is 5.97. The summed E-state index contributed by atoms with van der Waals surface area (Å²) in [4.78, 5) is 10.3. The third-order valence-corrected chi connectivity index (χ3v) is 4.13. The number of ether oxygens (including phenoxy) is 1. The van der Waals surface area contributed by atoms with Gasteiger partial charge in [-0.2, -0.15) is 0 Å². The highest BCUT2D eigenvalue weighted by atomic mass is 32.2. The third kappa shape index (κ3) is 2.56. The first-order valence-electron chi connectivity index (χ1n) is 4.42. The largest absolute Gasteiger partial charge is 0.429 e. The van der Waals surface area contributed by atoms with Gasteiger partial charge in [0.15, 0.2) is 9.84 Å². The molecule has 0 unspecified atom stereocenters. The van der Waals surface area contributed by atoms with Crippen LogP contribution >= 0.6 is 0 Å². The molecule has 0 amide bonds. The third-order valence-electron chi connectivity index (χ3n) is 1.96. The molecule has 0 aromatic heterocycles. The summed E-state index contributed by atoms with van der Waals surface area (Å²) in [6, 6.07) is 5.75. The first kappa shape index (κ1) is 11.7. The molecule has 0 heterocycles. The van der Waals surface area contributed by atoms with Crippen LogP contribution in [0.5, 0.6) is 5.75 Å². The lowest BCUT2D eigenvalue weighted by molar-refractivity contribution is -0.120. The second-order valence-electron chi connectivity index (χ2n) is 3.28. The molecule has 0 aliphatic carbocycles. The van der Waals surface area contributed by atoms with Crippen molar-refractivity contribution in [3.05, 3.63) is 24.3 Å². The molecule has 1 rings (SSSR count). The number of sulfone groups is 1. The number of carbonyl (C=O) groups is 1. The van der Waals surface area contributed by atoms with E-state index in [2.05, 4.69) is 4.74 Å². The predicted octanol–water partition coefficient (Wildman–Crippen LogP) is 1.40. The van der Waals surface area contributed by atoms with Crippen LogP contribution in [0.15, 0.2) is 29.2 Å². The molecular formula is C10H12O4S. The van der Waals surface area contributed by atoms with Gasteiger partial charge in [-0.1, -0.05) is 0 Å². The number of carbonyl (C=O) groups excluding carboxylic acids is 1. The maximum atomic E-state index is 11.7. The monoisotopic (exact) mass is 228 g/mol. The van der Waals surface area contributed by atoms with E-state index in [1.165, 1.54) is 24.3 Å². The molecule has 0 atom stereocenters. The minimum absolute atomic E-state index is 0.232. The van der Waals surface area contributed by atoms with E-state index < -0.39 is 15.1 Å². The molecule has 1 aromatic rings. The van der Waals surface area contributed by atoms with Crippen molar-refractivity contribution in [2.24, 2.45) is 0 Å². The summed E-state index contributed by atoms with van der Waals surface area (Å²) < 4.78 is 27.9. The van der Waals surface area contributed by atoms with Crippen LogP contribution in [0.3, 0.4) is 0 Å². The average molecular weight is 228 g/mol. The van der Waals surface area contributed by atoms with Crippen LogP contribution in [-0.4, -0.2) is 20.1 Å². The fourth-order valence-corrected chi connectivity index (χ4v) is 2.10. The lowest BCUT2D eigenvalue weighted by Gasteiger charge is -2.07. The predicted molar refractivity (Wildman–Crippen MR) is 55.5 cm³/mol. The van der Waals surface area contributed by atoms with E-state index in [1.54, 1.807) is 13.8 Å². The summed E-state index contributed by atoms with van der Waals surface area (Å²) in [5.74, 6) is 0.327. The summed E-state index contributed by atoms with van der Waals surface area (Å²) >= 11 is 0. The Labute approximate surface area is 88.8 Å². The molecule has 0 aliphatic heterocycles. The van der Waals surface area contributed by atoms with E-state index in [9.17, 15) is 13.2 Å². The van der Waals surface area contributed by atoms with Gasteiger partial charge in [-0.05, 0) is 38.1 Å². The Morgan fingerprint density at radius 3 is 2.13 bits per heavy atom. The molecule has 0 saturated carbocycles. The fraction of sp³-hybridized carbons (Fsp3) is 0.300. The highest BCUT2D eigenvalue weighted by Crippen LogP contribution is 2.19. The molecule has 0 aliphatic rings. The van der Waals surface area contributed by atoms with Crippen molar-refractivity contribution in [3.63, 3.8) is 0 Å². The number of benzene rings is 1. The van der Waals surface area contributed by atoms with Crippen molar-refractivity contribution in [2.45, 2.75) is 24.0 Å². The highest BCUT2D eigenvalue weighted by molar-refractivity contribution is 7.92. The van der Waals surface area contributed by atoms with Gasteiger partial charge in [0.2, 0.25) is 0 Å². The van der Waals surface area contributed by atoms with Gasteiger partial charge in [0.25, 0.3) is 6.47 Å². The van der Waals surface area contributed by atoms with E-state index in [0.717, 1.165) is 0 Å². The van der Waals surface area contributed by atoms with Gasteiger partial charge in [0.05, 0.1) is 10.1 Å². The molecule has 0 saturated heterocycles. The molecule has 0 N–H and O–H groups in total. The average Bonchev–Trinajstić information content (AvgIpc) is 2.19. The summed E-state index contributed by atoms with van der Waals surface area (Å²) in [5.41, 5.74) is 0. The van der Waals surface area contributed by atoms with Crippen molar-refractivity contribution in [1.29, 1.82) is 0 Å². The van der Waals surface area contributed by atoms with Crippen LogP contribution < -0.4 is 4.74 Å². The molecule has 4 nitrogen and oxygen atoms in total. The Morgan fingerprint density at radius 1 is 1.20 bits per heavy atom. The van der Waals surface area contributed by atoms with E-state index in [4.69, 9.17) is 0 Å². The maximum Gasteiger partial charge on any atom is 0.298 e. The van der Waals surface area contributed by atoms with Crippen molar-refractivity contribution >= 4 is 16.3 Å². The lowest BCUT2D eigenvalue weighted by Crippen LogP contribution is -2.13. The molecular weight excluding hydrogens is 216 g/mol. The standard InChI is InChI=1S/C10H12O4S/c1-8(2)15(12,13)10-5-3-9(4-6-10)14-7-11/h3-8H,1-2H3. The van der Waals surface area contributed by atoms with Gasteiger partial charge < -0.3 is 4.74 Å². The van der Waals surface area contributed by atoms with Crippen LogP contribution in [-0.2, 0) is 14.6 Å². The van der Waals surface area contributed by atoms with E-state index in [1.807, 2.05) is 0 Å². The molecule has 15 heavy (non-hydrogen) atoms. The Kier molecular flexibility index (Phi) is 3.47. The molecule has 0 bridgehead atoms. The van der Waals surface area contributed by atoms with Crippen LogP contribution in [0.4, 0.5) is 0 Å². The second kappa shape index (κ2) is 4.44. The number of rotatable bonds is 4. The zero-order chi connectivity index (χ0) is 11.5. The van der Waals surface area contributed by atoms with Crippen molar-refractivity contribution in [1.82, 2.24) is 0 Å². The summed E-state index contributed by atoms with van der Waals surface area (Å²) in [6.45, 7) is 3.53. The summed E-state index contributed by atoms with van der Waals surface area (Å²) in [6.07, 6.45) is 0. The molecule has 82 valence electrons. The minimum atomic E-state index is -3.25. The second-order valence-corrected chi connectivity index (χ2v) is 5.78. The Hall–Kier alpha value is -1.36. The Morgan fingerprint density at radius 2 is 1.73 bits per heavy atom. The van der Waals surface area contributed by atoms with Gasteiger partial charge in [-0.25, -0.2) is 8.42 Å². The molecule has 0 fully saturated rings. The van der Waals surface area contributed by atoms with Crippen LogP contribution in [0.1, 0.15) is 13.8 Å². The Balaban J connectivity index is 3.04. The highest BCUT2D eigenvalue weighted by Gasteiger charge is 2.18. The Bertz CT molecular complexity index is 431. The quantitative estimate of drug-likeness (QED) is 0.731. The smallest absolute Gasteiger partial charge is 0.298 e. The van der Waals surface area contributed by atoms with E-state index >= 15 is 0 Å². The normalized spacial score (nSPS) is 11.4. The van der Waals surface area contributed by atoms with Crippen molar-refractivity contribution < 1.29 is 17.9 Å². The van der Waals surface area contributed by atoms with Gasteiger partial charge >= 0.3 is 0 Å². The first-order chi connectivity index (χ1) is 6.98. The molecule has 5 heteroatoms. The zero-order valence-electron chi connectivity index (χ0n) is 8.51. The number of hydrogen-bond donors (Lipinski definition) is 0. The van der Waals surface area contributed by atoms with E-state index in [0.29, 0.717) is 12.2 Å². The van der Waals surface area contributed by atoms with Crippen LogP contribution in [0, 0.1) is 0 Å². The summed E-state index contributed by atoms with van der Waals surface area (Å²) in [7, 11) is -3.25. The topological polar surface area (TPSA) is 60.4 Å². The maximum absolute atomic E-state index is 11.7. The number of hydrogen-bond acceptors (Lipinski definition) is 4. The van der Waals surface area contributed by atoms with Crippen molar-refractivity contribution in [2.75, 3.05) is 0 Å².